The zero-order chi connectivity index (χ0) is 10.8. The molecule has 82 valence electrons. The van der Waals surface area contributed by atoms with E-state index in [1.807, 2.05) is 0 Å². The largest absolute Gasteiger partial charge is 0.482 e. The molecule has 1 aliphatic rings. The van der Waals surface area contributed by atoms with Gasteiger partial charge in [0, 0.05) is 6.07 Å². The summed E-state index contributed by atoms with van der Waals surface area (Å²) in [5.41, 5.74) is 0. The van der Waals surface area contributed by atoms with Crippen LogP contribution < -0.4 is 4.74 Å². The molecule has 0 bridgehead atoms. The molecule has 2 rings (SSSR count). The molecule has 1 aromatic rings. The fourth-order valence-electron chi connectivity index (χ4n) is 1.37. The second-order valence-corrected chi connectivity index (χ2v) is 3.34. The van der Waals surface area contributed by atoms with Gasteiger partial charge < -0.3 is 14.6 Å². The number of hydrogen-bond donors (Lipinski definition) is 1. The zero-order valence-electron chi connectivity index (χ0n) is 7.82. The molecule has 0 aliphatic carbocycles. The SMILES string of the molecule is O[C@@H]1COC[C@H]1Oc1ccc(F)cc1F. The molecule has 15 heavy (non-hydrogen) atoms. The summed E-state index contributed by atoms with van der Waals surface area (Å²) in [4.78, 5) is 0. The van der Waals surface area contributed by atoms with Crippen LogP contribution in [0.5, 0.6) is 5.75 Å². The molecule has 3 nitrogen and oxygen atoms in total. The van der Waals surface area contributed by atoms with E-state index in [1.54, 1.807) is 0 Å². The highest BCUT2D eigenvalue weighted by Gasteiger charge is 2.28. The number of hydrogen-bond acceptors (Lipinski definition) is 3. The minimum atomic E-state index is -0.783. The molecule has 0 aromatic heterocycles. The van der Waals surface area contributed by atoms with E-state index in [0.717, 1.165) is 12.1 Å². The maximum Gasteiger partial charge on any atom is 0.167 e. The number of aliphatic hydroxyl groups is 1. The summed E-state index contributed by atoms with van der Waals surface area (Å²) in [5.74, 6) is -1.52. The van der Waals surface area contributed by atoms with Gasteiger partial charge in [-0.1, -0.05) is 0 Å². The molecule has 2 atom stereocenters. The van der Waals surface area contributed by atoms with Crippen LogP contribution >= 0.6 is 0 Å². The molecule has 0 amide bonds. The Bertz CT molecular complexity index is 357. The van der Waals surface area contributed by atoms with Gasteiger partial charge in [-0.25, -0.2) is 8.78 Å². The van der Waals surface area contributed by atoms with Crippen molar-refractivity contribution < 1.29 is 23.4 Å². The van der Waals surface area contributed by atoms with Crippen LogP contribution in [0.25, 0.3) is 0 Å². The van der Waals surface area contributed by atoms with Gasteiger partial charge in [0.1, 0.15) is 11.9 Å². The van der Waals surface area contributed by atoms with Crippen molar-refractivity contribution in [3.8, 4) is 5.75 Å². The molecule has 0 unspecified atom stereocenters. The molecule has 0 saturated carbocycles. The van der Waals surface area contributed by atoms with Crippen LogP contribution in [-0.2, 0) is 4.74 Å². The van der Waals surface area contributed by atoms with Crippen molar-refractivity contribution in [2.45, 2.75) is 12.2 Å². The van der Waals surface area contributed by atoms with Crippen LogP contribution in [0.3, 0.4) is 0 Å². The Balaban J connectivity index is 2.10. The lowest BCUT2D eigenvalue weighted by molar-refractivity contribution is 0.0707. The third-order valence-corrected chi connectivity index (χ3v) is 2.17. The first-order valence-electron chi connectivity index (χ1n) is 4.54. The quantitative estimate of drug-likeness (QED) is 0.804. The van der Waals surface area contributed by atoms with E-state index >= 15 is 0 Å². The van der Waals surface area contributed by atoms with Crippen LogP contribution in [0.4, 0.5) is 8.78 Å². The van der Waals surface area contributed by atoms with Crippen molar-refractivity contribution in [1.82, 2.24) is 0 Å². The fraction of sp³-hybridized carbons (Fsp3) is 0.400. The first kappa shape index (κ1) is 10.3. The molecule has 0 spiro atoms. The topological polar surface area (TPSA) is 38.7 Å². The summed E-state index contributed by atoms with van der Waals surface area (Å²) < 4.78 is 35.8. The highest BCUT2D eigenvalue weighted by atomic mass is 19.1. The van der Waals surface area contributed by atoms with Crippen molar-refractivity contribution in [2.75, 3.05) is 13.2 Å². The number of halogens is 2. The molecular formula is C10H10F2O3. The Morgan fingerprint density at radius 3 is 2.73 bits per heavy atom. The summed E-state index contributed by atoms with van der Waals surface area (Å²) in [6.45, 7) is 0.380. The minimum Gasteiger partial charge on any atom is -0.482 e. The molecule has 1 N–H and O–H groups in total. The van der Waals surface area contributed by atoms with E-state index < -0.39 is 23.8 Å². The average Bonchev–Trinajstić information content (AvgIpc) is 2.57. The molecule has 1 aliphatic heterocycles. The van der Waals surface area contributed by atoms with Gasteiger partial charge in [0.05, 0.1) is 13.2 Å². The highest BCUT2D eigenvalue weighted by Crippen LogP contribution is 2.21. The van der Waals surface area contributed by atoms with Gasteiger partial charge in [-0.15, -0.1) is 0 Å². The van der Waals surface area contributed by atoms with Crippen LogP contribution in [0.15, 0.2) is 18.2 Å². The standard InChI is InChI=1S/C10H10F2O3/c11-6-1-2-9(7(12)3-6)15-10-5-14-4-8(10)13/h1-3,8,10,13H,4-5H2/t8-,10-/m1/s1. The maximum atomic E-state index is 13.1. The predicted octanol–water partition coefficient (Wildman–Crippen LogP) is 1.10. The fourth-order valence-corrected chi connectivity index (χ4v) is 1.37. The summed E-state index contributed by atoms with van der Waals surface area (Å²) in [6.07, 6.45) is -1.36. The zero-order valence-corrected chi connectivity index (χ0v) is 7.82. The van der Waals surface area contributed by atoms with Crippen molar-refractivity contribution in [3.63, 3.8) is 0 Å². The van der Waals surface area contributed by atoms with Gasteiger partial charge in [-0.05, 0) is 12.1 Å². The van der Waals surface area contributed by atoms with Crippen molar-refractivity contribution in [3.05, 3.63) is 29.8 Å². The lowest BCUT2D eigenvalue weighted by Crippen LogP contribution is -2.30. The maximum absolute atomic E-state index is 13.1. The van der Waals surface area contributed by atoms with Gasteiger partial charge in [0.25, 0.3) is 0 Å². The predicted molar refractivity (Wildman–Crippen MR) is 47.6 cm³/mol. The smallest absolute Gasteiger partial charge is 0.167 e. The molecule has 1 heterocycles. The second kappa shape index (κ2) is 4.12. The Morgan fingerprint density at radius 1 is 1.33 bits per heavy atom. The van der Waals surface area contributed by atoms with E-state index in [1.165, 1.54) is 6.07 Å². The molecule has 0 radical (unpaired) electrons. The number of ether oxygens (including phenoxy) is 2. The van der Waals surface area contributed by atoms with E-state index in [0.29, 0.717) is 0 Å². The Labute approximate surface area is 85.2 Å². The Kier molecular flexibility index (Phi) is 2.83. The first-order valence-corrected chi connectivity index (χ1v) is 4.54. The second-order valence-electron chi connectivity index (χ2n) is 3.34. The van der Waals surface area contributed by atoms with E-state index in [4.69, 9.17) is 9.47 Å². The highest BCUT2D eigenvalue weighted by molar-refractivity contribution is 5.25. The lowest BCUT2D eigenvalue weighted by atomic mass is 10.2. The van der Waals surface area contributed by atoms with Crippen molar-refractivity contribution in [1.29, 1.82) is 0 Å². The van der Waals surface area contributed by atoms with Crippen LogP contribution in [0.2, 0.25) is 0 Å². The molecule has 1 saturated heterocycles. The number of aliphatic hydroxyl groups excluding tert-OH is 1. The van der Waals surface area contributed by atoms with Gasteiger partial charge in [-0.2, -0.15) is 0 Å². The van der Waals surface area contributed by atoms with E-state index in [2.05, 4.69) is 0 Å². The summed E-state index contributed by atoms with van der Waals surface area (Å²) >= 11 is 0. The van der Waals surface area contributed by atoms with E-state index in [9.17, 15) is 13.9 Å². The average molecular weight is 216 g/mol. The Morgan fingerprint density at radius 2 is 2.13 bits per heavy atom. The van der Waals surface area contributed by atoms with Crippen LogP contribution in [-0.4, -0.2) is 30.5 Å². The summed E-state index contributed by atoms with van der Waals surface area (Å²) in [6, 6.07) is 3.02. The third-order valence-electron chi connectivity index (χ3n) is 2.17. The summed E-state index contributed by atoms with van der Waals surface area (Å²) in [7, 11) is 0. The van der Waals surface area contributed by atoms with Crippen LogP contribution in [0.1, 0.15) is 0 Å². The van der Waals surface area contributed by atoms with Gasteiger partial charge >= 0.3 is 0 Å². The normalized spacial score (nSPS) is 25.5. The molecule has 1 fully saturated rings. The van der Waals surface area contributed by atoms with Crippen molar-refractivity contribution >= 4 is 0 Å². The van der Waals surface area contributed by atoms with Crippen molar-refractivity contribution in [2.24, 2.45) is 0 Å². The number of rotatable bonds is 2. The molecule has 5 heteroatoms. The first-order chi connectivity index (χ1) is 7.16. The minimum absolute atomic E-state index is 0.0778. The monoisotopic (exact) mass is 216 g/mol. The van der Waals surface area contributed by atoms with E-state index in [-0.39, 0.29) is 19.0 Å². The van der Waals surface area contributed by atoms with Gasteiger partial charge in [0.2, 0.25) is 0 Å². The Hall–Kier alpha value is -1.20. The van der Waals surface area contributed by atoms with Gasteiger partial charge in [-0.3, -0.25) is 0 Å². The summed E-state index contributed by atoms with van der Waals surface area (Å²) in [5, 5.41) is 9.35. The van der Waals surface area contributed by atoms with Gasteiger partial charge in [0.15, 0.2) is 17.7 Å². The number of benzene rings is 1. The van der Waals surface area contributed by atoms with Crippen LogP contribution in [0, 0.1) is 11.6 Å². The molecular weight excluding hydrogens is 206 g/mol. The molecule has 1 aromatic carbocycles. The third kappa shape index (κ3) is 2.24. The lowest BCUT2D eigenvalue weighted by Gasteiger charge is -2.15.